The molecule has 1 unspecified atom stereocenters. The molecule has 1 heterocycles. The standard InChI is InChI=1S/C22H30N4O2.HI/c1-16-5-8-19(9-6-16)26-12-11-18(15-26)25-22(23-2)24-14-17-7-10-20(27-3)13-21(17)28-4;/h5-10,13,18H,11-12,14-15H2,1-4H3,(H2,23,24,25);1H. The molecule has 1 aliphatic rings. The van der Waals surface area contributed by atoms with E-state index in [-0.39, 0.29) is 24.0 Å². The highest BCUT2D eigenvalue weighted by atomic mass is 127. The van der Waals surface area contributed by atoms with E-state index < -0.39 is 0 Å². The molecule has 1 aliphatic heterocycles. The highest BCUT2D eigenvalue weighted by Gasteiger charge is 2.23. The summed E-state index contributed by atoms with van der Waals surface area (Å²) in [5.41, 5.74) is 3.62. The van der Waals surface area contributed by atoms with E-state index in [9.17, 15) is 0 Å². The van der Waals surface area contributed by atoms with Gasteiger partial charge in [0.15, 0.2) is 5.96 Å². The highest BCUT2D eigenvalue weighted by Crippen LogP contribution is 2.24. The molecule has 1 fully saturated rings. The number of anilines is 1. The number of methoxy groups -OCH3 is 2. The van der Waals surface area contributed by atoms with Crippen LogP contribution in [0.3, 0.4) is 0 Å². The van der Waals surface area contributed by atoms with E-state index in [0.29, 0.717) is 12.6 Å². The number of guanidine groups is 1. The molecule has 1 atom stereocenters. The third-order valence-corrected chi connectivity index (χ3v) is 5.09. The molecular formula is C22H31IN4O2. The van der Waals surface area contributed by atoms with E-state index in [1.54, 1.807) is 21.3 Å². The van der Waals surface area contributed by atoms with Gasteiger partial charge < -0.3 is 25.0 Å². The number of hydrogen-bond donors (Lipinski definition) is 2. The molecule has 158 valence electrons. The Morgan fingerprint density at radius 3 is 2.55 bits per heavy atom. The Labute approximate surface area is 190 Å². The zero-order valence-corrected chi connectivity index (χ0v) is 19.9. The van der Waals surface area contributed by atoms with Gasteiger partial charge in [-0.2, -0.15) is 0 Å². The smallest absolute Gasteiger partial charge is 0.191 e. The Hall–Kier alpha value is -2.16. The molecule has 0 bridgehead atoms. The minimum absolute atomic E-state index is 0. The fourth-order valence-electron chi connectivity index (χ4n) is 3.43. The van der Waals surface area contributed by atoms with E-state index in [0.717, 1.165) is 42.5 Å². The lowest BCUT2D eigenvalue weighted by atomic mass is 10.2. The number of aliphatic imine (C=N–C) groups is 1. The lowest BCUT2D eigenvalue weighted by Gasteiger charge is -2.21. The Bertz CT molecular complexity index is 811. The quantitative estimate of drug-likeness (QED) is 0.354. The Balaban J connectivity index is 0.00000300. The van der Waals surface area contributed by atoms with Gasteiger partial charge in [0.25, 0.3) is 0 Å². The van der Waals surface area contributed by atoms with Gasteiger partial charge in [0.2, 0.25) is 0 Å². The lowest BCUT2D eigenvalue weighted by Crippen LogP contribution is -2.44. The molecule has 0 aromatic heterocycles. The molecule has 2 aromatic rings. The number of hydrogen-bond acceptors (Lipinski definition) is 4. The molecule has 0 aliphatic carbocycles. The second kappa shape index (κ2) is 11.1. The first kappa shape index (κ1) is 23.1. The van der Waals surface area contributed by atoms with Crippen LogP contribution >= 0.6 is 24.0 Å². The number of halogens is 1. The van der Waals surface area contributed by atoms with Crippen LogP contribution in [0.4, 0.5) is 5.69 Å². The molecule has 2 aromatic carbocycles. The van der Waals surface area contributed by atoms with Crippen LogP contribution in [0.5, 0.6) is 11.5 Å². The average Bonchev–Trinajstić information content (AvgIpc) is 3.20. The third-order valence-electron chi connectivity index (χ3n) is 5.09. The first-order valence-electron chi connectivity index (χ1n) is 9.62. The molecule has 0 saturated carbocycles. The fourth-order valence-corrected chi connectivity index (χ4v) is 3.43. The predicted octanol–water partition coefficient (Wildman–Crippen LogP) is 3.57. The Morgan fingerprint density at radius 1 is 1.14 bits per heavy atom. The minimum atomic E-state index is 0. The van der Waals surface area contributed by atoms with Crippen molar-refractivity contribution in [2.75, 3.05) is 39.3 Å². The summed E-state index contributed by atoms with van der Waals surface area (Å²) < 4.78 is 10.7. The summed E-state index contributed by atoms with van der Waals surface area (Å²) in [6, 6.07) is 14.9. The minimum Gasteiger partial charge on any atom is -0.497 e. The second-order valence-corrected chi connectivity index (χ2v) is 7.02. The van der Waals surface area contributed by atoms with Crippen LogP contribution in [-0.4, -0.2) is 46.4 Å². The topological polar surface area (TPSA) is 58.1 Å². The molecule has 6 nitrogen and oxygen atoms in total. The summed E-state index contributed by atoms with van der Waals surface area (Å²) in [5, 5.41) is 6.93. The summed E-state index contributed by atoms with van der Waals surface area (Å²) in [5.74, 6) is 2.38. The van der Waals surface area contributed by atoms with Gasteiger partial charge >= 0.3 is 0 Å². The number of aryl methyl sites for hydroxylation is 1. The maximum absolute atomic E-state index is 5.47. The number of nitrogens with zero attached hydrogens (tertiary/aromatic N) is 2. The number of nitrogens with one attached hydrogen (secondary N) is 2. The molecular weight excluding hydrogens is 479 g/mol. The van der Waals surface area contributed by atoms with Crippen molar-refractivity contribution in [1.82, 2.24) is 10.6 Å². The molecule has 0 amide bonds. The summed E-state index contributed by atoms with van der Waals surface area (Å²) in [6.45, 7) is 4.76. The van der Waals surface area contributed by atoms with Crippen LogP contribution < -0.4 is 25.0 Å². The predicted molar refractivity (Wildman–Crippen MR) is 130 cm³/mol. The molecule has 1 saturated heterocycles. The molecule has 3 rings (SSSR count). The van der Waals surface area contributed by atoms with Crippen molar-refractivity contribution in [3.05, 3.63) is 53.6 Å². The van der Waals surface area contributed by atoms with Crippen LogP contribution in [0.25, 0.3) is 0 Å². The van der Waals surface area contributed by atoms with Crippen molar-refractivity contribution in [3.8, 4) is 11.5 Å². The maximum atomic E-state index is 5.47. The van der Waals surface area contributed by atoms with Gasteiger partial charge in [-0.3, -0.25) is 4.99 Å². The van der Waals surface area contributed by atoms with E-state index in [1.165, 1.54) is 11.3 Å². The van der Waals surface area contributed by atoms with Crippen molar-refractivity contribution in [3.63, 3.8) is 0 Å². The summed E-state index contributed by atoms with van der Waals surface area (Å²) in [7, 11) is 5.12. The Kier molecular flexibility index (Phi) is 8.88. The van der Waals surface area contributed by atoms with Crippen LogP contribution in [0.2, 0.25) is 0 Å². The molecule has 29 heavy (non-hydrogen) atoms. The van der Waals surface area contributed by atoms with E-state index in [4.69, 9.17) is 9.47 Å². The number of benzene rings is 2. The zero-order chi connectivity index (χ0) is 19.9. The average molecular weight is 510 g/mol. The van der Waals surface area contributed by atoms with E-state index >= 15 is 0 Å². The second-order valence-electron chi connectivity index (χ2n) is 7.02. The number of ether oxygens (including phenoxy) is 2. The van der Waals surface area contributed by atoms with Gasteiger partial charge in [0, 0.05) is 50.0 Å². The molecule has 7 heteroatoms. The zero-order valence-electron chi connectivity index (χ0n) is 17.6. The maximum Gasteiger partial charge on any atom is 0.191 e. The SMILES string of the molecule is CN=C(NCc1ccc(OC)cc1OC)NC1CCN(c2ccc(C)cc2)C1.I. The molecule has 2 N–H and O–H groups in total. The van der Waals surface area contributed by atoms with Crippen LogP contribution in [0.15, 0.2) is 47.5 Å². The first-order chi connectivity index (χ1) is 13.6. The van der Waals surface area contributed by atoms with Crippen molar-refractivity contribution in [2.24, 2.45) is 4.99 Å². The van der Waals surface area contributed by atoms with Crippen LogP contribution in [0.1, 0.15) is 17.5 Å². The van der Waals surface area contributed by atoms with Gasteiger partial charge in [0.1, 0.15) is 11.5 Å². The van der Waals surface area contributed by atoms with Gasteiger partial charge in [-0.15, -0.1) is 24.0 Å². The third kappa shape index (κ3) is 6.16. The summed E-state index contributed by atoms with van der Waals surface area (Å²) in [4.78, 5) is 6.79. The first-order valence-corrected chi connectivity index (χ1v) is 9.62. The lowest BCUT2D eigenvalue weighted by molar-refractivity contribution is 0.390. The molecule has 0 spiro atoms. The van der Waals surface area contributed by atoms with Crippen LogP contribution in [-0.2, 0) is 6.54 Å². The summed E-state index contributed by atoms with van der Waals surface area (Å²) >= 11 is 0. The number of rotatable bonds is 6. The van der Waals surface area contributed by atoms with Crippen molar-refractivity contribution >= 4 is 35.6 Å². The van der Waals surface area contributed by atoms with Gasteiger partial charge in [-0.1, -0.05) is 17.7 Å². The highest BCUT2D eigenvalue weighted by molar-refractivity contribution is 14.0. The van der Waals surface area contributed by atoms with Gasteiger partial charge in [-0.05, 0) is 37.6 Å². The van der Waals surface area contributed by atoms with Crippen molar-refractivity contribution in [2.45, 2.75) is 25.9 Å². The van der Waals surface area contributed by atoms with Crippen molar-refractivity contribution in [1.29, 1.82) is 0 Å². The van der Waals surface area contributed by atoms with Crippen molar-refractivity contribution < 1.29 is 9.47 Å². The van der Waals surface area contributed by atoms with Gasteiger partial charge in [-0.25, -0.2) is 0 Å². The molecule has 0 radical (unpaired) electrons. The Morgan fingerprint density at radius 2 is 1.90 bits per heavy atom. The van der Waals surface area contributed by atoms with E-state index in [2.05, 4.69) is 51.7 Å². The summed E-state index contributed by atoms with van der Waals surface area (Å²) in [6.07, 6.45) is 1.08. The van der Waals surface area contributed by atoms with Gasteiger partial charge in [0.05, 0.1) is 14.2 Å². The normalized spacial score (nSPS) is 16.2. The van der Waals surface area contributed by atoms with Crippen LogP contribution in [0, 0.1) is 6.92 Å². The fraction of sp³-hybridized carbons (Fsp3) is 0.409. The monoisotopic (exact) mass is 510 g/mol. The van der Waals surface area contributed by atoms with E-state index in [1.807, 2.05) is 18.2 Å². The largest absolute Gasteiger partial charge is 0.497 e.